The molecule has 0 saturated heterocycles. The van der Waals surface area contributed by atoms with Gasteiger partial charge in [-0.2, -0.15) is 0 Å². The largest absolute Gasteiger partial charge is 0.321 e. The molecule has 0 aliphatic carbocycles. The van der Waals surface area contributed by atoms with Crippen molar-refractivity contribution in [3.05, 3.63) is 28.0 Å². The fourth-order valence-electron chi connectivity index (χ4n) is 1.31. The number of nitrogens with one attached hydrogen (secondary N) is 1. The lowest BCUT2D eigenvalue weighted by atomic mass is 10.1. The molecular formula is C9H9NOS. The van der Waals surface area contributed by atoms with Crippen LogP contribution in [0.25, 0.3) is 0 Å². The van der Waals surface area contributed by atoms with Crippen molar-refractivity contribution in [2.24, 2.45) is 0 Å². The van der Waals surface area contributed by atoms with Crippen molar-refractivity contribution in [3.63, 3.8) is 0 Å². The van der Waals surface area contributed by atoms with Crippen LogP contribution in [0.15, 0.2) is 22.4 Å². The average Bonchev–Trinajstić information content (AvgIpc) is 2.31. The van der Waals surface area contributed by atoms with E-state index in [1.807, 2.05) is 12.3 Å². The number of hydrogen-bond donors (Lipinski definition) is 1. The van der Waals surface area contributed by atoms with Crippen molar-refractivity contribution in [2.45, 2.75) is 13.3 Å². The Morgan fingerprint density at radius 1 is 1.50 bits per heavy atom. The van der Waals surface area contributed by atoms with Crippen LogP contribution in [0.4, 0.5) is 5.69 Å². The van der Waals surface area contributed by atoms with Crippen LogP contribution in [0.5, 0.6) is 0 Å². The lowest BCUT2D eigenvalue weighted by Crippen LogP contribution is -2.06. The van der Waals surface area contributed by atoms with Crippen LogP contribution >= 0.6 is 11.3 Å². The van der Waals surface area contributed by atoms with Crippen molar-refractivity contribution in [1.29, 1.82) is 0 Å². The molecule has 2 nitrogen and oxygen atoms in total. The summed E-state index contributed by atoms with van der Waals surface area (Å²) in [6, 6.07) is 0. The number of allylic oxidation sites excluding steroid dienone is 1. The first-order chi connectivity index (χ1) is 5.75. The van der Waals surface area contributed by atoms with E-state index < -0.39 is 0 Å². The maximum Gasteiger partial charge on any atom is 0.248 e. The average molecular weight is 179 g/mol. The Bertz CT molecular complexity index is 351. The summed E-state index contributed by atoms with van der Waals surface area (Å²) in [5, 5.41) is 6.88. The number of rotatable bonds is 0. The van der Waals surface area contributed by atoms with Crippen molar-refractivity contribution < 1.29 is 4.79 Å². The summed E-state index contributed by atoms with van der Waals surface area (Å²) in [6.45, 7) is 1.98. The van der Waals surface area contributed by atoms with E-state index >= 15 is 0 Å². The topological polar surface area (TPSA) is 29.1 Å². The van der Waals surface area contributed by atoms with Crippen LogP contribution in [0.1, 0.15) is 12.5 Å². The van der Waals surface area contributed by atoms with E-state index in [0.717, 1.165) is 17.7 Å². The summed E-state index contributed by atoms with van der Waals surface area (Å²) >= 11 is 1.63. The second-order valence-electron chi connectivity index (χ2n) is 2.97. The zero-order valence-corrected chi connectivity index (χ0v) is 7.57. The van der Waals surface area contributed by atoms with E-state index in [0.29, 0.717) is 0 Å². The molecule has 1 N–H and O–H groups in total. The minimum Gasteiger partial charge on any atom is -0.321 e. The van der Waals surface area contributed by atoms with Crippen LogP contribution in [-0.4, -0.2) is 5.91 Å². The van der Waals surface area contributed by atoms with Gasteiger partial charge in [0.25, 0.3) is 0 Å². The minimum absolute atomic E-state index is 0.00958. The zero-order valence-electron chi connectivity index (χ0n) is 6.76. The Morgan fingerprint density at radius 3 is 3.17 bits per heavy atom. The van der Waals surface area contributed by atoms with Crippen molar-refractivity contribution in [3.8, 4) is 0 Å². The quantitative estimate of drug-likeness (QED) is 0.650. The Balaban J connectivity index is 2.43. The number of hydrogen-bond acceptors (Lipinski definition) is 2. The molecule has 12 heavy (non-hydrogen) atoms. The molecule has 0 atom stereocenters. The first-order valence-electron chi connectivity index (χ1n) is 3.79. The van der Waals surface area contributed by atoms with Crippen LogP contribution in [0, 0.1) is 0 Å². The highest BCUT2D eigenvalue weighted by Crippen LogP contribution is 2.25. The number of carbonyl (C=O) groups excluding carboxylic acids is 1. The molecule has 62 valence electrons. The Hall–Kier alpha value is -1.09. The van der Waals surface area contributed by atoms with Crippen molar-refractivity contribution in [1.82, 2.24) is 0 Å². The summed E-state index contributed by atoms with van der Waals surface area (Å²) in [4.78, 5) is 11.2. The van der Waals surface area contributed by atoms with Gasteiger partial charge < -0.3 is 5.32 Å². The van der Waals surface area contributed by atoms with Gasteiger partial charge in [0.1, 0.15) is 0 Å². The summed E-state index contributed by atoms with van der Waals surface area (Å²) in [5.41, 5.74) is 3.31. The normalized spacial score (nSPS) is 16.1. The number of amides is 1. The first kappa shape index (κ1) is 7.55. The Labute approximate surface area is 74.9 Å². The molecule has 0 aromatic carbocycles. The standard InChI is InChI=1S/C9H9NOS/c1-6-2-7-4-12-5-8(7)10-9(11)3-6/h3-5H,2H2,1H3,(H,10,11). The summed E-state index contributed by atoms with van der Waals surface area (Å²) in [6.07, 6.45) is 2.54. The SMILES string of the molecule is CC1=CC(=O)Nc2cscc2C1. The van der Waals surface area contributed by atoms with Gasteiger partial charge in [0.05, 0.1) is 5.69 Å². The molecule has 2 rings (SSSR count). The zero-order chi connectivity index (χ0) is 8.55. The highest BCUT2D eigenvalue weighted by atomic mass is 32.1. The summed E-state index contributed by atoms with van der Waals surface area (Å²) in [7, 11) is 0. The van der Waals surface area contributed by atoms with Gasteiger partial charge >= 0.3 is 0 Å². The van der Waals surface area contributed by atoms with Gasteiger partial charge in [-0.1, -0.05) is 5.57 Å². The van der Waals surface area contributed by atoms with Gasteiger partial charge in [-0.25, -0.2) is 0 Å². The van der Waals surface area contributed by atoms with Crippen LogP contribution in [-0.2, 0) is 11.2 Å². The van der Waals surface area contributed by atoms with E-state index in [-0.39, 0.29) is 5.91 Å². The highest BCUT2D eigenvalue weighted by molar-refractivity contribution is 7.08. The van der Waals surface area contributed by atoms with Gasteiger partial charge in [-0.15, -0.1) is 11.3 Å². The van der Waals surface area contributed by atoms with Gasteiger partial charge in [-0.3, -0.25) is 4.79 Å². The highest BCUT2D eigenvalue weighted by Gasteiger charge is 2.11. The van der Waals surface area contributed by atoms with Crippen LogP contribution < -0.4 is 5.32 Å². The second-order valence-corrected chi connectivity index (χ2v) is 3.71. The van der Waals surface area contributed by atoms with Gasteiger partial charge in [-0.05, 0) is 24.3 Å². The van der Waals surface area contributed by atoms with E-state index in [2.05, 4.69) is 10.7 Å². The number of thiophene rings is 1. The van der Waals surface area contributed by atoms with E-state index in [1.54, 1.807) is 17.4 Å². The van der Waals surface area contributed by atoms with Crippen LogP contribution in [0.2, 0.25) is 0 Å². The van der Waals surface area contributed by atoms with E-state index in [9.17, 15) is 4.79 Å². The van der Waals surface area contributed by atoms with Crippen molar-refractivity contribution in [2.75, 3.05) is 5.32 Å². The Morgan fingerprint density at radius 2 is 2.33 bits per heavy atom. The molecule has 0 radical (unpaired) electrons. The monoisotopic (exact) mass is 179 g/mol. The molecule has 0 saturated carbocycles. The molecule has 1 amide bonds. The second kappa shape index (κ2) is 2.75. The molecule has 1 aromatic heterocycles. The fourth-order valence-corrected chi connectivity index (χ4v) is 2.10. The molecule has 1 aromatic rings. The predicted molar refractivity (Wildman–Crippen MR) is 50.4 cm³/mol. The van der Waals surface area contributed by atoms with Crippen molar-refractivity contribution >= 4 is 22.9 Å². The Kier molecular flexibility index (Phi) is 1.73. The number of carbonyl (C=O) groups is 1. The number of fused-ring (bicyclic) bond motifs is 1. The molecule has 0 fully saturated rings. The van der Waals surface area contributed by atoms with E-state index in [1.165, 1.54) is 5.56 Å². The van der Waals surface area contributed by atoms with Gasteiger partial charge in [0, 0.05) is 11.5 Å². The smallest absolute Gasteiger partial charge is 0.248 e. The lowest BCUT2D eigenvalue weighted by molar-refractivity contribution is -0.111. The summed E-state index contributed by atoms with van der Waals surface area (Å²) in [5.74, 6) is -0.00958. The third kappa shape index (κ3) is 1.28. The molecule has 2 heterocycles. The third-order valence-electron chi connectivity index (χ3n) is 1.85. The molecule has 0 bridgehead atoms. The maximum atomic E-state index is 11.2. The maximum absolute atomic E-state index is 11.2. The van der Waals surface area contributed by atoms with E-state index in [4.69, 9.17) is 0 Å². The molecule has 1 aliphatic heterocycles. The predicted octanol–water partition coefficient (Wildman–Crippen LogP) is 2.19. The summed E-state index contributed by atoms with van der Waals surface area (Å²) < 4.78 is 0. The van der Waals surface area contributed by atoms with Gasteiger partial charge in [0.2, 0.25) is 5.91 Å². The fraction of sp³-hybridized carbons (Fsp3) is 0.222. The molecule has 3 heteroatoms. The molecule has 0 unspecified atom stereocenters. The minimum atomic E-state index is -0.00958. The van der Waals surface area contributed by atoms with Gasteiger partial charge in [0.15, 0.2) is 0 Å². The third-order valence-corrected chi connectivity index (χ3v) is 2.64. The van der Waals surface area contributed by atoms with Crippen LogP contribution in [0.3, 0.4) is 0 Å². The molecule has 0 spiro atoms. The first-order valence-corrected chi connectivity index (χ1v) is 4.73. The molecule has 1 aliphatic rings. The number of anilines is 1. The lowest BCUT2D eigenvalue weighted by Gasteiger charge is -1.97. The molecular weight excluding hydrogens is 170 g/mol.